The van der Waals surface area contributed by atoms with E-state index in [1.165, 1.54) is 4.90 Å². The van der Waals surface area contributed by atoms with E-state index in [2.05, 4.69) is 5.32 Å². The van der Waals surface area contributed by atoms with Crippen molar-refractivity contribution in [2.75, 3.05) is 18.1 Å². The summed E-state index contributed by atoms with van der Waals surface area (Å²) in [7, 11) is -3.14. The van der Waals surface area contributed by atoms with E-state index >= 15 is 0 Å². The number of nitrogens with zero attached hydrogens (tertiary/aromatic N) is 1. The lowest BCUT2D eigenvalue weighted by molar-refractivity contribution is -0.148. The van der Waals surface area contributed by atoms with Gasteiger partial charge in [-0.3, -0.25) is 9.59 Å². The highest BCUT2D eigenvalue weighted by molar-refractivity contribution is 7.91. The largest absolute Gasteiger partial charge is 0.343 e. The van der Waals surface area contributed by atoms with Crippen molar-refractivity contribution >= 4 is 21.7 Å². The van der Waals surface area contributed by atoms with Crippen LogP contribution in [0.2, 0.25) is 0 Å². The Balaban J connectivity index is 2.83. The van der Waals surface area contributed by atoms with Crippen LogP contribution in [0.3, 0.4) is 0 Å². The topological polar surface area (TPSA) is 83.6 Å². The lowest BCUT2D eigenvalue weighted by atomic mass is 10.0. The Bertz CT molecular complexity index is 447. The molecule has 0 aromatic heterocycles. The standard InChI is InChI=1S/C12H22N2O4S/c1-4-6-10-11(15)13-9(3)12(16)14(10)7-8-19(17,18)5-2/h9-10H,4-8H2,1-3H3,(H,13,15). The third-order valence-corrected chi connectivity index (χ3v) is 5.02. The van der Waals surface area contributed by atoms with Crippen LogP contribution in [0.5, 0.6) is 0 Å². The molecule has 110 valence electrons. The number of nitrogens with one attached hydrogen (secondary N) is 1. The Labute approximate surface area is 114 Å². The highest BCUT2D eigenvalue weighted by Crippen LogP contribution is 2.15. The summed E-state index contributed by atoms with van der Waals surface area (Å²) >= 11 is 0. The Hall–Kier alpha value is -1.11. The number of sulfone groups is 1. The fourth-order valence-corrected chi connectivity index (χ4v) is 2.89. The first-order valence-electron chi connectivity index (χ1n) is 6.63. The first-order valence-corrected chi connectivity index (χ1v) is 8.45. The molecule has 1 rings (SSSR count). The minimum absolute atomic E-state index is 0.0508. The van der Waals surface area contributed by atoms with Gasteiger partial charge in [-0.25, -0.2) is 8.42 Å². The van der Waals surface area contributed by atoms with E-state index in [0.717, 1.165) is 6.42 Å². The van der Waals surface area contributed by atoms with E-state index in [9.17, 15) is 18.0 Å². The van der Waals surface area contributed by atoms with Gasteiger partial charge in [-0.15, -0.1) is 0 Å². The molecule has 1 aliphatic heterocycles. The molecular weight excluding hydrogens is 268 g/mol. The Morgan fingerprint density at radius 2 is 1.89 bits per heavy atom. The van der Waals surface area contributed by atoms with Gasteiger partial charge < -0.3 is 10.2 Å². The Morgan fingerprint density at radius 3 is 2.42 bits per heavy atom. The number of piperazine rings is 1. The fourth-order valence-electron chi connectivity index (χ4n) is 2.12. The van der Waals surface area contributed by atoms with Crippen molar-refractivity contribution in [3.63, 3.8) is 0 Å². The van der Waals surface area contributed by atoms with Crippen LogP contribution in [0, 0.1) is 0 Å². The molecule has 7 heteroatoms. The molecule has 0 aromatic rings. The van der Waals surface area contributed by atoms with E-state index in [-0.39, 0.29) is 29.9 Å². The second kappa shape index (κ2) is 6.36. The maximum Gasteiger partial charge on any atom is 0.245 e. The van der Waals surface area contributed by atoms with E-state index in [4.69, 9.17) is 0 Å². The van der Waals surface area contributed by atoms with Crippen molar-refractivity contribution in [1.82, 2.24) is 10.2 Å². The monoisotopic (exact) mass is 290 g/mol. The number of amides is 2. The van der Waals surface area contributed by atoms with Gasteiger partial charge in [-0.1, -0.05) is 20.3 Å². The molecule has 1 heterocycles. The molecule has 0 radical (unpaired) electrons. The van der Waals surface area contributed by atoms with Crippen LogP contribution in [-0.4, -0.2) is 55.3 Å². The first-order chi connectivity index (χ1) is 8.82. The minimum Gasteiger partial charge on any atom is -0.343 e. The summed E-state index contributed by atoms with van der Waals surface area (Å²) in [6.07, 6.45) is 1.31. The van der Waals surface area contributed by atoms with Crippen LogP contribution in [0.4, 0.5) is 0 Å². The van der Waals surface area contributed by atoms with Gasteiger partial charge in [0.15, 0.2) is 9.84 Å². The highest BCUT2D eigenvalue weighted by Gasteiger charge is 2.38. The Morgan fingerprint density at radius 1 is 1.26 bits per heavy atom. The number of carbonyl (C=O) groups excluding carboxylic acids is 2. The predicted octanol–water partition coefficient (Wildman–Crippen LogP) is -0.0633. The van der Waals surface area contributed by atoms with Gasteiger partial charge in [-0.05, 0) is 13.3 Å². The van der Waals surface area contributed by atoms with Crippen LogP contribution in [0.1, 0.15) is 33.6 Å². The molecule has 0 aliphatic carbocycles. The summed E-state index contributed by atoms with van der Waals surface area (Å²) in [5.74, 6) is -0.433. The Kier molecular flexibility index (Phi) is 5.34. The minimum atomic E-state index is -3.14. The summed E-state index contributed by atoms with van der Waals surface area (Å²) in [5, 5.41) is 2.63. The average Bonchev–Trinajstić information content (AvgIpc) is 2.35. The van der Waals surface area contributed by atoms with Crippen LogP contribution in [-0.2, 0) is 19.4 Å². The summed E-state index contributed by atoms with van der Waals surface area (Å²) < 4.78 is 23.1. The molecular formula is C12H22N2O4S. The van der Waals surface area contributed by atoms with Crippen molar-refractivity contribution in [3.05, 3.63) is 0 Å². The predicted molar refractivity (Wildman–Crippen MR) is 72.3 cm³/mol. The van der Waals surface area contributed by atoms with Crippen LogP contribution in [0.15, 0.2) is 0 Å². The first kappa shape index (κ1) is 15.9. The smallest absolute Gasteiger partial charge is 0.245 e. The molecule has 1 fully saturated rings. The second-order valence-electron chi connectivity index (χ2n) is 4.80. The van der Waals surface area contributed by atoms with E-state index in [1.807, 2.05) is 6.92 Å². The van der Waals surface area contributed by atoms with Crippen molar-refractivity contribution < 1.29 is 18.0 Å². The normalized spacial score (nSPS) is 24.5. The summed E-state index contributed by atoms with van der Waals surface area (Å²) in [5.41, 5.74) is 0. The molecule has 2 amide bonds. The molecule has 0 aromatic carbocycles. The summed E-state index contributed by atoms with van der Waals surface area (Å²) in [4.78, 5) is 25.4. The number of hydrogen-bond donors (Lipinski definition) is 1. The number of rotatable bonds is 6. The van der Waals surface area contributed by atoms with Crippen molar-refractivity contribution in [2.45, 2.75) is 45.7 Å². The van der Waals surface area contributed by atoms with Gasteiger partial charge in [0, 0.05) is 12.3 Å². The summed E-state index contributed by atoms with van der Waals surface area (Å²) in [6, 6.07) is -1.12. The van der Waals surface area contributed by atoms with Crippen molar-refractivity contribution in [3.8, 4) is 0 Å². The molecule has 6 nitrogen and oxygen atoms in total. The van der Waals surface area contributed by atoms with Crippen LogP contribution >= 0.6 is 0 Å². The van der Waals surface area contributed by atoms with Gasteiger partial charge >= 0.3 is 0 Å². The maximum atomic E-state index is 12.1. The molecule has 2 unspecified atom stereocenters. The molecule has 1 N–H and O–H groups in total. The fraction of sp³-hybridized carbons (Fsp3) is 0.833. The second-order valence-corrected chi connectivity index (χ2v) is 7.28. The van der Waals surface area contributed by atoms with Gasteiger partial charge in [0.05, 0.1) is 5.75 Å². The lowest BCUT2D eigenvalue weighted by Crippen LogP contribution is -2.63. The highest BCUT2D eigenvalue weighted by atomic mass is 32.2. The van der Waals surface area contributed by atoms with Gasteiger partial charge in [0.1, 0.15) is 12.1 Å². The molecule has 0 spiro atoms. The van der Waals surface area contributed by atoms with E-state index in [1.54, 1.807) is 13.8 Å². The van der Waals surface area contributed by atoms with Gasteiger partial charge in [0.2, 0.25) is 11.8 Å². The number of hydrogen-bond acceptors (Lipinski definition) is 4. The van der Waals surface area contributed by atoms with Crippen LogP contribution in [0.25, 0.3) is 0 Å². The zero-order valence-corrected chi connectivity index (χ0v) is 12.5. The molecule has 1 aliphatic rings. The number of carbonyl (C=O) groups is 2. The molecule has 0 bridgehead atoms. The molecule has 19 heavy (non-hydrogen) atoms. The summed E-state index contributed by atoms with van der Waals surface area (Å²) in [6.45, 7) is 5.21. The molecule has 1 saturated heterocycles. The van der Waals surface area contributed by atoms with Crippen molar-refractivity contribution in [2.24, 2.45) is 0 Å². The van der Waals surface area contributed by atoms with Crippen molar-refractivity contribution in [1.29, 1.82) is 0 Å². The zero-order chi connectivity index (χ0) is 14.6. The molecule has 0 saturated carbocycles. The zero-order valence-electron chi connectivity index (χ0n) is 11.7. The van der Waals surface area contributed by atoms with E-state index < -0.39 is 21.9 Å². The SMILES string of the molecule is CCCC1C(=O)NC(C)C(=O)N1CCS(=O)(=O)CC. The molecule has 2 atom stereocenters. The lowest BCUT2D eigenvalue weighted by Gasteiger charge is -2.37. The van der Waals surface area contributed by atoms with Gasteiger partial charge in [-0.2, -0.15) is 0 Å². The average molecular weight is 290 g/mol. The quantitative estimate of drug-likeness (QED) is 0.742. The third kappa shape index (κ3) is 3.92. The van der Waals surface area contributed by atoms with Gasteiger partial charge in [0.25, 0.3) is 0 Å². The van der Waals surface area contributed by atoms with E-state index in [0.29, 0.717) is 6.42 Å². The maximum absolute atomic E-state index is 12.1. The third-order valence-electron chi connectivity index (χ3n) is 3.34. The van der Waals surface area contributed by atoms with Crippen LogP contribution < -0.4 is 5.32 Å².